The summed E-state index contributed by atoms with van der Waals surface area (Å²) in [6.45, 7) is 9.94. The summed E-state index contributed by atoms with van der Waals surface area (Å²) in [4.78, 5) is 16.1. The minimum absolute atomic E-state index is 0.263. The van der Waals surface area contributed by atoms with Crippen LogP contribution in [0.1, 0.15) is 46.0 Å². The van der Waals surface area contributed by atoms with Gasteiger partial charge in [0, 0.05) is 33.1 Å². The van der Waals surface area contributed by atoms with Crippen LogP contribution in [0.5, 0.6) is 0 Å². The van der Waals surface area contributed by atoms with Crippen molar-refractivity contribution in [2.24, 2.45) is 17.3 Å². The molecule has 3 fully saturated rings. The Morgan fingerprint density at radius 2 is 1.68 bits per heavy atom. The van der Waals surface area contributed by atoms with E-state index in [2.05, 4.69) is 11.8 Å². The molecule has 0 spiro atoms. The standard InChI is InChI=1S/C16H28N2O/c1-13(19)18-11-14-9-17(10-15(14)12-18)8-7-16(2)5-3-4-6-16/h14-15H,3-12H2,1-2H3. The van der Waals surface area contributed by atoms with Gasteiger partial charge in [-0.1, -0.05) is 19.8 Å². The average Bonchev–Trinajstić information content (AvgIpc) is 3.00. The maximum atomic E-state index is 11.4. The predicted molar refractivity (Wildman–Crippen MR) is 76.9 cm³/mol. The van der Waals surface area contributed by atoms with Gasteiger partial charge in [-0.25, -0.2) is 0 Å². The Morgan fingerprint density at radius 3 is 2.21 bits per heavy atom. The highest BCUT2D eigenvalue weighted by molar-refractivity contribution is 5.73. The molecule has 0 aromatic rings. The summed E-state index contributed by atoms with van der Waals surface area (Å²) in [5.41, 5.74) is 0.628. The van der Waals surface area contributed by atoms with E-state index in [0.717, 1.165) is 24.9 Å². The summed E-state index contributed by atoms with van der Waals surface area (Å²) in [6, 6.07) is 0. The number of carbonyl (C=O) groups excluding carboxylic acids is 1. The number of hydrogen-bond donors (Lipinski definition) is 0. The van der Waals surface area contributed by atoms with E-state index in [1.165, 1.54) is 51.7 Å². The van der Waals surface area contributed by atoms with Crippen molar-refractivity contribution in [3.05, 3.63) is 0 Å². The van der Waals surface area contributed by atoms with Crippen molar-refractivity contribution in [2.45, 2.75) is 46.0 Å². The fourth-order valence-electron chi connectivity index (χ4n) is 4.44. The summed E-state index contributed by atoms with van der Waals surface area (Å²) in [7, 11) is 0. The molecule has 0 bridgehead atoms. The van der Waals surface area contributed by atoms with E-state index in [1.807, 2.05) is 4.90 Å². The summed E-state index contributed by atoms with van der Waals surface area (Å²) < 4.78 is 0. The Hall–Kier alpha value is -0.570. The van der Waals surface area contributed by atoms with Crippen LogP contribution >= 0.6 is 0 Å². The van der Waals surface area contributed by atoms with Crippen molar-refractivity contribution < 1.29 is 4.79 Å². The van der Waals surface area contributed by atoms with Gasteiger partial charge in [0.05, 0.1) is 0 Å². The van der Waals surface area contributed by atoms with E-state index < -0.39 is 0 Å². The molecule has 0 N–H and O–H groups in total. The van der Waals surface area contributed by atoms with Crippen LogP contribution in [-0.2, 0) is 4.79 Å². The van der Waals surface area contributed by atoms with Crippen molar-refractivity contribution in [1.29, 1.82) is 0 Å². The van der Waals surface area contributed by atoms with E-state index in [9.17, 15) is 4.79 Å². The van der Waals surface area contributed by atoms with Gasteiger partial charge in [0.25, 0.3) is 0 Å². The van der Waals surface area contributed by atoms with Crippen molar-refractivity contribution in [2.75, 3.05) is 32.7 Å². The Morgan fingerprint density at radius 1 is 1.11 bits per heavy atom. The molecular formula is C16H28N2O. The fourth-order valence-corrected chi connectivity index (χ4v) is 4.44. The first-order valence-electron chi connectivity index (χ1n) is 8.04. The summed E-state index contributed by atoms with van der Waals surface area (Å²) in [5.74, 6) is 1.76. The Balaban J connectivity index is 1.45. The molecule has 2 heterocycles. The van der Waals surface area contributed by atoms with Gasteiger partial charge in [0.2, 0.25) is 5.91 Å². The lowest BCUT2D eigenvalue weighted by Crippen LogP contribution is -2.33. The minimum Gasteiger partial charge on any atom is -0.342 e. The lowest BCUT2D eigenvalue weighted by molar-refractivity contribution is -0.128. The first kappa shape index (κ1) is 13.4. The normalized spacial score (nSPS) is 33.9. The van der Waals surface area contributed by atoms with Gasteiger partial charge in [0.15, 0.2) is 0 Å². The van der Waals surface area contributed by atoms with Gasteiger partial charge in [0.1, 0.15) is 0 Å². The highest BCUT2D eigenvalue weighted by Crippen LogP contribution is 2.41. The molecule has 3 nitrogen and oxygen atoms in total. The molecule has 1 saturated carbocycles. The second-order valence-corrected chi connectivity index (χ2v) is 7.47. The van der Waals surface area contributed by atoms with Gasteiger partial charge in [-0.2, -0.15) is 0 Å². The second-order valence-electron chi connectivity index (χ2n) is 7.47. The topological polar surface area (TPSA) is 23.6 Å². The van der Waals surface area contributed by atoms with E-state index in [1.54, 1.807) is 6.92 Å². The van der Waals surface area contributed by atoms with E-state index in [-0.39, 0.29) is 5.91 Å². The van der Waals surface area contributed by atoms with Gasteiger partial charge in [-0.15, -0.1) is 0 Å². The van der Waals surface area contributed by atoms with Crippen LogP contribution in [0.2, 0.25) is 0 Å². The second kappa shape index (κ2) is 5.08. The first-order chi connectivity index (χ1) is 9.06. The van der Waals surface area contributed by atoms with Gasteiger partial charge in [-0.3, -0.25) is 4.79 Å². The number of hydrogen-bond acceptors (Lipinski definition) is 2. The number of nitrogens with zero attached hydrogens (tertiary/aromatic N) is 2. The Labute approximate surface area is 117 Å². The van der Waals surface area contributed by atoms with Gasteiger partial charge in [-0.05, 0) is 43.1 Å². The molecule has 19 heavy (non-hydrogen) atoms. The highest BCUT2D eigenvalue weighted by Gasteiger charge is 2.41. The zero-order chi connectivity index (χ0) is 13.5. The molecule has 3 heteroatoms. The highest BCUT2D eigenvalue weighted by atomic mass is 16.2. The quantitative estimate of drug-likeness (QED) is 0.781. The molecule has 2 aliphatic heterocycles. The van der Waals surface area contributed by atoms with Crippen LogP contribution in [0.3, 0.4) is 0 Å². The van der Waals surface area contributed by atoms with Crippen LogP contribution in [0.25, 0.3) is 0 Å². The third-order valence-electron chi connectivity index (χ3n) is 5.85. The number of rotatable bonds is 3. The first-order valence-corrected chi connectivity index (χ1v) is 8.04. The molecular weight excluding hydrogens is 236 g/mol. The molecule has 2 atom stereocenters. The smallest absolute Gasteiger partial charge is 0.219 e. The zero-order valence-electron chi connectivity index (χ0n) is 12.5. The lowest BCUT2D eigenvalue weighted by Gasteiger charge is -2.27. The molecule has 3 aliphatic rings. The van der Waals surface area contributed by atoms with E-state index >= 15 is 0 Å². The van der Waals surface area contributed by atoms with Crippen LogP contribution in [0, 0.1) is 17.3 Å². The maximum Gasteiger partial charge on any atom is 0.219 e. The zero-order valence-corrected chi connectivity index (χ0v) is 12.5. The van der Waals surface area contributed by atoms with Crippen molar-refractivity contribution in [3.63, 3.8) is 0 Å². The van der Waals surface area contributed by atoms with Crippen LogP contribution in [-0.4, -0.2) is 48.4 Å². The van der Waals surface area contributed by atoms with Gasteiger partial charge < -0.3 is 9.80 Å². The Bertz CT molecular complexity index is 335. The molecule has 2 saturated heterocycles. The molecule has 0 radical (unpaired) electrons. The average molecular weight is 264 g/mol. The maximum absolute atomic E-state index is 11.4. The molecule has 108 valence electrons. The van der Waals surface area contributed by atoms with Crippen LogP contribution in [0.15, 0.2) is 0 Å². The van der Waals surface area contributed by atoms with Crippen molar-refractivity contribution in [1.82, 2.24) is 9.80 Å². The predicted octanol–water partition coefficient (Wildman–Crippen LogP) is 2.37. The molecule has 1 aliphatic carbocycles. The molecule has 3 rings (SSSR count). The third-order valence-corrected chi connectivity index (χ3v) is 5.85. The summed E-state index contributed by atoms with van der Waals surface area (Å²) in [6.07, 6.45) is 7.13. The summed E-state index contributed by atoms with van der Waals surface area (Å²) >= 11 is 0. The summed E-state index contributed by atoms with van der Waals surface area (Å²) in [5, 5.41) is 0. The number of carbonyl (C=O) groups is 1. The fraction of sp³-hybridized carbons (Fsp3) is 0.938. The SMILES string of the molecule is CC(=O)N1CC2CN(CCC3(C)CCCC3)CC2C1. The molecule has 2 unspecified atom stereocenters. The molecule has 0 aromatic carbocycles. The monoisotopic (exact) mass is 264 g/mol. The molecule has 0 aromatic heterocycles. The minimum atomic E-state index is 0.263. The van der Waals surface area contributed by atoms with Gasteiger partial charge >= 0.3 is 0 Å². The lowest BCUT2D eigenvalue weighted by atomic mass is 9.85. The van der Waals surface area contributed by atoms with E-state index in [0.29, 0.717) is 5.41 Å². The van der Waals surface area contributed by atoms with Crippen LogP contribution in [0.4, 0.5) is 0 Å². The number of fused-ring (bicyclic) bond motifs is 1. The van der Waals surface area contributed by atoms with Crippen molar-refractivity contribution in [3.8, 4) is 0 Å². The number of likely N-dealkylation sites (tertiary alicyclic amines) is 2. The number of amides is 1. The largest absolute Gasteiger partial charge is 0.342 e. The van der Waals surface area contributed by atoms with Crippen LogP contribution < -0.4 is 0 Å². The van der Waals surface area contributed by atoms with Crippen molar-refractivity contribution >= 4 is 5.91 Å². The Kier molecular flexibility index (Phi) is 3.59. The molecule has 1 amide bonds. The van der Waals surface area contributed by atoms with E-state index in [4.69, 9.17) is 0 Å². The third kappa shape index (κ3) is 2.81.